The first-order chi connectivity index (χ1) is 12.1. The number of ketones is 2. The molecular weight excluding hydrogens is 340 g/mol. The van der Waals surface area contributed by atoms with E-state index >= 15 is 0 Å². The van der Waals surface area contributed by atoms with Crippen molar-refractivity contribution in [2.75, 3.05) is 0 Å². The van der Waals surface area contributed by atoms with Gasteiger partial charge in [0, 0.05) is 0 Å². The van der Waals surface area contributed by atoms with Crippen molar-refractivity contribution in [3.8, 4) is 0 Å². The number of ether oxygens (including phenoxy) is 2. The van der Waals surface area contributed by atoms with E-state index in [2.05, 4.69) is 0 Å². The van der Waals surface area contributed by atoms with Crippen LogP contribution in [0.4, 0.5) is 0 Å². The number of allylic oxidation sites excluding steroid dienone is 2. The van der Waals surface area contributed by atoms with Gasteiger partial charge in [-0.2, -0.15) is 0 Å². The number of fused-ring (bicyclic) bond motifs is 1. The third-order valence-electron chi connectivity index (χ3n) is 4.71. The van der Waals surface area contributed by atoms with E-state index in [4.69, 9.17) is 14.6 Å². The minimum absolute atomic E-state index is 0.000482. The molecule has 1 N–H and O–H groups in total. The van der Waals surface area contributed by atoms with E-state index in [0.29, 0.717) is 12.3 Å². The van der Waals surface area contributed by atoms with Gasteiger partial charge in [0.2, 0.25) is 22.9 Å². The van der Waals surface area contributed by atoms with Crippen LogP contribution in [-0.4, -0.2) is 34.2 Å². The Kier molecular flexibility index (Phi) is 5.49. The SMILES string of the molecule is CC[C@H](C)C[C@@H](C)C(=O)O[C@@]1(C)C(=O)C=C2C=C(C(=O)O)OC=C2C1=O. The number of carbonyl (C=O) groups is 4. The second-order valence-electron chi connectivity index (χ2n) is 6.86. The fraction of sp³-hybridized carbons (Fsp3) is 0.474. The van der Waals surface area contributed by atoms with Gasteiger partial charge in [0.25, 0.3) is 0 Å². The summed E-state index contributed by atoms with van der Waals surface area (Å²) in [7, 11) is 0. The number of rotatable bonds is 6. The van der Waals surface area contributed by atoms with Gasteiger partial charge >= 0.3 is 11.9 Å². The van der Waals surface area contributed by atoms with Gasteiger partial charge < -0.3 is 14.6 Å². The van der Waals surface area contributed by atoms with Gasteiger partial charge in [-0.1, -0.05) is 27.2 Å². The summed E-state index contributed by atoms with van der Waals surface area (Å²) >= 11 is 0. The van der Waals surface area contributed by atoms with Crippen LogP contribution in [0.3, 0.4) is 0 Å². The van der Waals surface area contributed by atoms with Crippen molar-refractivity contribution in [1.82, 2.24) is 0 Å². The van der Waals surface area contributed by atoms with Gasteiger partial charge in [0.05, 0.1) is 11.5 Å². The summed E-state index contributed by atoms with van der Waals surface area (Å²) < 4.78 is 10.2. The molecule has 2 rings (SSSR count). The molecule has 0 saturated heterocycles. The fourth-order valence-electron chi connectivity index (χ4n) is 2.77. The molecule has 7 nitrogen and oxygen atoms in total. The Labute approximate surface area is 151 Å². The molecular formula is C19H22O7. The molecule has 0 saturated carbocycles. The van der Waals surface area contributed by atoms with E-state index in [1.165, 1.54) is 6.92 Å². The van der Waals surface area contributed by atoms with Gasteiger partial charge in [0.15, 0.2) is 0 Å². The summed E-state index contributed by atoms with van der Waals surface area (Å²) in [5.74, 6) is -3.92. The molecule has 0 radical (unpaired) electrons. The maximum atomic E-state index is 12.7. The van der Waals surface area contributed by atoms with Crippen LogP contribution < -0.4 is 0 Å². The number of hydrogen-bond acceptors (Lipinski definition) is 6. The average Bonchev–Trinajstić information content (AvgIpc) is 2.59. The van der Waals surface area contributed by atoms with E-state index in [1.807, 2.05) is 13.8 Å². The number of esters is 1. The Balaban J connectivity index is 2.25. The molecule has 26 heavy (non-hydrogen) atoms. The molecule has 7 heteroatoms. The molecule has 0 unspecified atom stereocenters. The van der Waals surface area contributed by atoms with E-state index in [9.17, 15) is 19.2 Å². The van der Waals surface area contributed by atoms with Gasteiger partial charge in [-0.25, -0.2) is 4.79 Å². The topological polar surface area (TPSA) is 107 Å². The average molecular weight is 362 g/mol. The summed E-state index contributed by atoms with van der Waals surface area (Å²) in [5.41, 5.74) is -1.85. The highest BCUT2D eigenvalue weighted by atomic mass is 16.6. The largest absolute Gasteiger partial charge is 0.475 e. The van der Waals surface area contributed by atoms with Crippen molar-refractivity contribution < 1.29 is 33.8 Å². The molecule has 1 aliphatic carbocycles. The Hall–Kier alpha value is -2.70. The van der Waals surface area contributed by atoms with Gasteiger partial charge in [-0.05, 0) is 37.0 Å². The van der Waals surface area contributed by atoms with E-state index in [0.717, 1.165) is 24.8 Å². The summed E-state index contributed by atoms with van der Waals surface area (Å²) in [6, 6.07) is 0. The third kappa shape index (κ3) is 3.61. The number of carboxylic acid groups (broad SMARTS) is 1. The zero-order valence-corrected chi connectivity index (χ0v) is 15.2. The number of Topliss-reactive ketones (excluding diaryl/α,β-unsaturated/α-hetero) is 1. The van der Waals surface area contributed by atoms with Crippen molar-refractivity contribution >= 4 is 23.5 Å². The number of carbonyl (C=O) groups excluding carboxylic acids is 3. The molecule has 0 bridgehead atoms. The van der Waals surface area contributed by atoms with Crippen molar-refractivity contribution in [2.24, 2.45) is 11.8 Å². The first-order valence-corrected chi connectivity index (χ1v) is 8.46. The minimum Gasteiger partial charge on any atom is -0.475 e. The minimum atomic E-state index is -1.98. The molecule has 1 aliphatic heterocycles. The zero-order chi connectivity index (χ0) is 19.6. The second-order valence-corrected chi connectivity index (χ2v) is 6.86. The number of aliphatic carboxylic acids is 1. The Morgan fingerprint density at radius 3 is 2.50 bits per heavy atom. The smallest absolute Gasteiger partial charge is 0.371 e. The van der Waals surface area contributed by atoms with E-state index in [1.54, 1.807) is 6.92 Å². The quantitative estimate of drug-likeness (QED) is 0.571. The van der Waals surface area contributed by atoms with Crippen LogP contribution in [0.5, 0.6) is 0 Å². The maximum Gasteiger partial charge on any atom is 0.371 e. The van der Waals surface area contributed by atoms with E-state index < -0.39 is 40.8 Å². The lowest BCUT2D eigenvalue weighted by Crippen LogP contribution is -2.51. The van der Waals surface area contributed by atoms with Gasteiger partial charge in [-0.15, -0.1) is 0 Å². The van der Waals surface area contributed by atoms with Crippen LogP contribution in [0.15, 0.2) is 35.3 Å². The first kappa shape index (κ1) is 19.6. The number of hydrogen-bond donors (Lipinski definition) is 1. The molecule has 0 amide bonds. The summed E-state index contributed by atoms with van der Waals surface area (Å²) in [6.45, 7) is 6.96. The molecule has 0 aromatic rings. The molecule has 0 aromatic carbocycles. The predicted molar refractivity (Wildman–Crippen MR) is 90.7 cm³/mol. The fourth-order valence-corrected chi connectivity index (χ4v) is 2.77. The first-order valence-electron chi connectivity index (χ1n) is 8.46. The summed E-state index contributed by atoms with van der Waals surface area (Å²) in [5, 5.41) is 8.95. The van der Waals surface area contributed by atoms with Gasteiger partial charge in [-0.3, -0.25) is 14.4 Å². The highest BCUT2D eigenvalue weighted by Crippen LogP contribution is 2.34. The van der Waals surface area contributed by atoms with E-state index in [-0.39, 0.29) is 11.1 Å². The zero-order valence-electron chi connectivity index (χ0n) is 15.2. The predicted octanol–water partition coefficient (Wildman–Crippen LogP) is 2.32. The van der Waals surface area contributed by atoms with Crippen LogP contribution in [-0.2, 0) is 28.7 Å². The molecule has 140 valence electrons. The van der Waals surface area contributed by atoms with Crippen LogP contribution in [0.1, 0.15) is 40.5 Å². The highest BCUT2D eigenvalue weighted by Gasteiger charge is 2.50. The maximum absolute atomic E-state index is 12.7. The monoisotopic (exact) mass is 362 g/mol. The van der Waals surface area contributed by atoms with Crippen LogP contribution >= 0.6 is 0 Å². The van der Waals surface area contributed by atoms with Crippen molar-refractivity contribution in [1.29, 1.82) is 0 Å². The summed E-state index contributed by atoms with van der Waals surface area (Å²) in [4.78, 5) is 48.6. The molecule has 0 fully saturated rings. The van der Waals surface area contributed by atoms with Crippen LogP contribution in [0.25, 0.3) is 0 Å². The Morgan fingerprint density at radius 2 is 1.92 bits per heavy atom. The standard InChI is InChI=1S/C19H22O7/c1-5-10(2)6-11(3)18(24)26-19(4)15(20)8-12-7-14(17(22)23)25-9-13(12)16(19)21/h7-11H,5-6H2,1-4H3,(H,22,23)/t10-,11+,19-/m0/s1. The normalized spacial score (nSPS) is 24.4. The van der Waals surface area contributed by atoms with Crippen molar-refractivity contribution in [2.45, 2.75) is 46.1 Å². The Morgan fingerprint density at radius 1 is 1.27 bits per heavy atom. The molecule has 2 aliphatic rings. The van der Waals surface area contributed by atoms with Crippen molar-refractivity contribution in [3.05, 3.63) is 35.3 Å². The lowest BCUT2D eigenvalue weighted by Gasteiger charge is -2.32. The summed E-state index contributed by atoms with van der Waals surface area (Å²) in [6.07, 6.45) is 4.66. The van der Waals surface area contributed by atoms with Crippen LogP contribution in [0.2, 0.25) is 0 Å². The lowest BCUT2D eigenvalue weighted by atomic mass is 9.80. The lowest BCUT2D eigenvalue weighted by molar-refractivity contribution is -0.172. The molecule has 0 spiro atoms. The Bertz CT molecular complexity index is 756. The molecule has 0 aromatic heterocycles. The molecule has 1 heterocycles. The van der Waals surface area contributed by atoms with Gasteiger partial charge in [0.1, 0.15) is 6.26 Å². The second kappa shape index (κ2) is 7.27. The number of carboxylic acids is 1. The van der Waals surface area contributed by atoms with Crippen molar-refractivity contribution in [3.63, 3.8) is 0 Å². The molecule has 3 atom stereocenters. The van der Waals surface area contributed by atoms with Crippen LogP contribution in [0, 0.1) is 11.8 Å². The highest BCUT2D eigenvalue weighted by molar-refractivity contribution is 6.26. The third-order valence-corrected chi connectivity index (χ3v) is 4.71.